The zero-order chi connectivity index (χ0) is 18.1. The van der Waals surface area contributed by atoms with E-state index in [0.29, 0.717) is 27.9 Å². The zero-order valence-electron chi connectivity index (χ0n) is 14.8. The van der Waals surface area contributed by atoms with Crippen molar-refractivity contribution >= 4 is 33.1 Å². The number of aromatic nitrogens is 2. The normalized spacial score (nSPS) is 10.8. The topological polar surface area (TPSA) is 73.3 Å². The van der Waals surface area contributed by atoms with Gasteiger partial charge in [-0.2, -0.15) is 0 Å². The van der Waals surface area contributed by atoms with E-state index in [0.717, 1.165) is 21.5 Å². The highest BCUT2D eigenvalue weighted by Gasteiger charge is 2.20. The molecule has 1 amide bonds. The number of rotatable bonds is 4. The van der Waals surface area contributed by atoms with Crippen LogP contribution in [0.5, 0.6) is 11.5 Å². The van der Waals surface area contributed by atoms with Crippen molar-refractivity contribution < 1.29 is 14.3 Å². The van der Waals surface area contributed by atoms with Crippen molar-refractivity contribution in [1.29, 1.82) is 0 Å². The number of aryl methyl sites for hydroxylation is 3. The van der Waals surface area contributed by atoms with Crippen LogP contribution in [0.2, 0.25) is 0 Å². The summed E-state index contributed by atoms with van der Waals surface area (Å²) in [5.41, 5.74) is 2.33. The molecule has 0 saturated carbocycles. The molecule has 1 N–H and O–H groups in total. The van der Waals surface area contributed by atoms with Gasteiger partial charge in [-0.25, -0.2) is 9.97 Å². The first kappa shape index (κ1) is 17.2. The van der Waals surface area contributed by atoms with Gasteiger partial charge < -0.3 is 14.8 Å². The highest BCUT2D eigenvalue weighted by Crippen LogP contribution is 2.34. The largest absolute Gasteiger partial charge is 0.497 e. The molecular formula is C18H19N3O3S. The van der Waals surface area contributed by atoms with Gasteiger partial charge in [-0.05, 0) is 38.5 Å². The van der Waals surface area contributed by atoms with Crippen molar-refractivity contribution in [2.45, 2.75) is 20.8 Å². The number of ether oxygens (including phenoxy) is 2. The Bertz CT molecular complexity index is 966. The lowest BCUT2D eigenvalue weighted by atomic mass is 10.1. The Morgan fingerprint density at radius 3 is 2.56 bits per heavy atom. The third-order valence-electron chi connectivity index (χ3n) is 3.94. The number of nitrogens with one attached hydrogen (secondary N) is 1. The average Bonchev–Trinajstić information content (AvgIpc) is 2.91. The molecule has 7 heteroatoms. The molecule has 130 valence electrons. The molecule has 0 aliphatic carbocycles. The first-order valence-corrected chi connectivity index (χ1v) is 8.54. The van der Waals surface area contributed by atoms with E-state index in [9.17, 15) is 4.79 Å². The Kier molecular flexibility index (Phi) is 4.59. The van der Waals surface area contributed by atoms with Crippen LogP contribution in [0.15, 0.2) is 18.2 Å². The SMILES string of the molecule is COc1ccc(OC)c(NC(=O)c2sc3nc(C)nc(C)c3c2C)c1. The van der Waals surface area contributed by atoms with E-state index in [-0.39, 0.29) is 5.91 Å². The van der Waals surface area contributed by atoms with Crippen molar-refractivity contribution in [1.82, 2.24) is 9.97 Å². The van der Waals surface area contributed by atoms with E-state index < -0.39 is 0 Å². The summed E-state index contributed by atoms with van der Waals surface area (Å²) >= 11 is 1.37. The molecule has 0 fully saturated rings. The van der Waals surface area contributed by atoms with Crippen LogP contribution in [0.1, 0.15) is 26.8 Å². The van der Waals surface area contributed by atoms with Crippen molar-refractivity contribution in [2.75, 3.05) is 19.5 Å². The molecule has 2 aromatic heterocycles. The average molecular weight is 357 g/mol. The first-order valence-electron chi connectivity index (χ1n) is 7.72. The minimum absolute atomic E-state index is 0.205. The highest BCUT2D eigenvalue weighted by atomic mass is 32.1. The summed E-state index contributed by atoms with van der Waals surface area (Å²) in [6.07, 6.45) is 0. The second-order valence-electron chi connectivity index (χ2n) is 5.61. The van der Waals surface area contributed by atoms with Gasteiger partial charge in [-0.3, -0.25) is 4.79 Å². The molecule has 0 aliphatic rings. The van der Waals surface area contributed by atoms with Gasteiger partial charge in [0.05, 0.1) is 24.8 Å². The Morgan fingerprint density at radius 2 is 1.88 bits per heavy atom. The third-order valence-corrected chi connectivity index (χ3v) is 5.13. The maximum Gasteiger partial charge on any atom is 0.266 e. The van der Waals surface area contributed by atoms with Gasteiger partial charge >= 0.3 is 0 Å². The molecule has 1 aromatic carbocycles. The number of anilines is 1. The summed E-state index contributed by atoms with van der Waals surface area (Å²) in [6, 6.07) is 5.26. The summed E-state index contributed by atoms with van der Waals surface area (Å²) in [7, 11) is 3.14. The van der Waals surface area contributed by atoms with Gasteiger partial charge in [0.1, 0.15) is 22.2 Å². The number of nitrogens with zero attached hydrogens (tertiary/aromatic N) is 2. The molecule has 2 heterocycles. The number of hydrogen-bond donors (Lipinski definition) is 1. The predicted octanol–water partition coefficient (Wildman–Crippen LogP) is 3.89. The number of methoxy groups -OCH3 is 2. The van der Waals surface area contributed by atoms with Crippen molar-refractivity contribution in [3.05, 3.63) is 40.2 Å². The number of thiophene rings is 1. The lowest BCUT2D eigenvalue weighted by molar-refractivity contribution is 0.102. The van der Waals surface area contributed by atoms with Gasteiger partial charge in [0.25, 0.3) is 5.91 Å². The maximum atomic E-state index is 12.8. The van der Waals surface area contributed by atoms with Gasteiger partial charge in [0, 0.05) is 17.1 Å². The van der Waals surface area contributed by atoms with E-state index in [1.807, 2.05) is 20.8 Å². The van der Waals surface area contributed by atoms with Crippen LogP contribution < -0.4 is 14.8 Å². The number of hydrogen-bond acceptors (Lipinski definition) is 6. The van der Waals surface area contributed by atoms with Gasteiger partial charge in [0.2, 0.25) is 0 Å². The highest BCUT2D eigenvalue weighted by molar-refractivity contribution is 7.20. The van der Waals surface area contributed by atoms with Crippen molar-refractivity contribution in [2.24, 2.45) is 0 Å². The molecule has 0 spiro atoms. The number of carbonyl (C=O) groups excluding carboxylic acids is 1. The maximum absolute atomic E-state index is 12.8. The molecule has 0 atom stereocenters. The van der Waals surface area contributed by atoms with E-state index in [4.69, 9.17) is 9.47 Å². The minimum atomic E-state index is -0.205. The fraction of sp³-hybridized carbons (Fsp3) is 0.278. The lowest BCUT2D eigenvalue weighted by Crippen LogP contribution is -2.12. The molecule has 3 aromatic rings. The molecule has 0 aliphatic heterocycles. The Labute approximate surface area is 149 Å². The van der Waals surface area contributed by atoms with Crippen LogP contribution in [0, 0.1) is 20.8 Å². The molecule has 3 rings (SSSR count). The van der Waals surface area contributed by atoms with Crippen LogP contribution in [0.3, 0.4) is 0 Å². The van der Waals surface area contributed by atoms with Crippen LogP contribution >= 0.6 is 11.3 Å². The van der Waals surface area contributed by atoms with Crippen LogP contribution in [0.25, 0.3) is 10.2 Å². The smallest absolute Gasteiger partial charge is 0.266 e. The molecule has 25 heavy (non-hydrogen) atoms. The predicted molar refractivity (Wildman–Crippen MR) is 99.1 cm³/mol. The molecule has 0 bridgehead atoms. The Morgan fingerprint density at radius 1 is 1.12 bits per heavy atom. The Balaban J connectivity index is 2.01. The number of amides is 1. The monoisotopic (exact) mass is 357 g/mol. The summed E-state index contributed by atoms with van der Waals surface area (Å²) in [4.78, 5) is 23.1. The van der Waals surface area contributed by atoms with Crippen LogP contribution in [-0.2, 0) is 0 Å². The van der Waals surface area contributed by atoms with Gasteiger partial charge in [0.15, 0.2) is 0 Å². The fourth-order valence-corrected chi connectivity index (χ4v) is 3.95. The first-order chi connectivity index (χ1) is 11.9. The van der Waals surface area contributed by atoms with E-state index in [1.165, 1.54) is 11.3 Å². The van der Waals surface area contributed by atoms with E-state index in [2.05, 4.69) is 15.3 Å². The summed E-state index contributed by atoms with van der Waals surface area (Å²) in [5, 5.41) is 3.85. The second-order valence-corrected chi connectivity index (χ2v) is 6.61. The van der Waals surface area contributed by atoms with Crippen molar-refractivity contribution in [3.8, 4) is 11.5 Å². The quantitative estimate of drug-likeness (QED) is 0.767. The molecule has 0 unspecified atom stereocenters. The minimum Gasteiger partial charge on any atom is -0.497 e. The summed E-state index contributed by atoms with van der Waals surface area (Å²) in [5.74, 6) is 1.71. The number of fused-ring (bicyclic) bond motifs is 1. The van der Waals surface area contributed by atoms with E-state index >= 15 is 0 Å². The summed E-state index contributed by atoms with van der Waals surface area (Å²) in [6.45, 7) is 5.70. The molecule has 6 nitrogen and oxygen atoms in total. The molecule has 0 saturated heterocycles. The van der Waals surface area contributed by atoms with Crippen molar-refractivity contribution in [3.63, 3.8) is 0 Å². The molecule has 0 radical (unpaired) electrons. The molecular weight excluding hydrogens is 338 g/mol. The summed E-state index contributed by atoms with van der Waals surface area (Å²) < 4.78 is 10.5. The lowest BCUT2D eigenvalue weighted by Gasteiger charge is -2.11. The number of benzene rings is 1. The standard InChI is InChI=1S/C18H19N3O3S/c1-9-15-10(2)19-11(3)20-18(15)25-16(9)17(22)21-13-8-12(23-4)6-7-14(13)24-5/h6-8H,1-5H3,(H,21,22). The fourth-order valence-electron chi connectivity index (χ4n) is 2.78. The van der Waals surface area contributed by atoms with Gasteiger partial charge in [-0.15, -0.1) is 11.3 Å². The number of carbonyl (C=O) groups is 1. The van der Waals surface area contributed by atoms with Crippen LogP contribution in [-0.4, -0.2) is 30.1 Å². The third kappa shape index (κ3) is 3.15. The second kappa shape index (κ2) is 6.68. The van der Waals surface area contributed by atoms with E-state index in [1.54, 1.807) is 32.4 Å². The van der Waals surface area contributed by atoms with Gasteiger partial charge in [-0.1, -0.05) is 0 Å². The van der Waals surface area contributed by atoms with Crippen LogP contribution in [0.4, 0.5) is 5.69 Å². The Hall–Kier alpha value is -2.67. The zero-order valence-corrected chi connectivity index (χ0v) is 15.6.